The van der Waals surface area contributed by atoms with Crippen LogP contribution in [0.15, 0.2) is 6.07 Å². The van der Waals surface area contributed by atoms with Crippen molar-refractivity contribution in [2.45, 2.75) is 39.3 Å². The van der Waals surface area contributed by atoms with E-state index < -0.39 is 0 Å². The molecular weight excluding hydrogens is 218 g/mol. The van der Waals surface area contributed by atoms with E-state index >= 15 is 0 Å². The number of ether oxygens (including phenoxy) is 1. The predicted octanol–water partition coefficient (Wildman–Crippen LogP) is 0.795. The first-order valence-corrected chi connectivity index (χ1v) is 6.04. The smallest absolute Gasteiger partial charge is 0.241 e. The van der Waals surface area contributed by atoms with Crippen molar-refractivity contribution in [1.82, 2.24) is 15.1 Å². The maximum absolute atomic E-state index is 11.7. The van der Waals surface area contributed by atoms with E-state index in [1.54, 1.807) is 4.68 Å². The number of carbonyl (C=O) groups is 1. The standard InChI is InChI=1S/C12H19N3O2/c1-9-6-10(2)15(14-9)8-12(16)13-7-11-4-3-5-17-11/h6,11H,3-5,7-8H2,1-2H3,(H,13,16)/t11-/m0/s1. The molecule has 1 aliphatic heterocycles. The second-order valence-electron chi connectivity index (χ2n) is 4.52. The lowest BCUT2D eigenvalue weighted by atomic mass is 10.2. The molecule has 1 N–H and O–H groups in total. The first-order chi connectivity index (χ1) is 8.15. The molecule has 1 aromatic heterocycles. The van der Waals surface area contributed by atoms with Crippen molar-refractivity contribution in [1.29, 1.82) is 0 Å². The highest BCUT2D eigenvalue weighted by Gasteiger charge is 2.16. The number of nitrogens with zero attached hydrogens (tertiary/aromatic N) is 2. The van der Waals surface area contributed by atoms with E-state index in [2.05, 4.69) is 10.4 Å². The van der Waals surface area contributed by atoms with E-state index in [4.69, 9.17) is 4.74 Å². The third kappa shape index (κ3) is 3.30. The Kier molecular flexibility index (Phi) is 3.78. The van der Waals surface area contributed by atoms with Gasteiger partial charge in [-0.2, -0.15) is 5.10 Å². The Bertz CT molecular complexity index is 394. The number of amides is 1. The van der Waals surface area contributed by atoms with Crippen molar-refractivity contribution in [3.05, 3.63) is 17.5 Å². The summed E-state index contributed by atoms with van der Waals surface area (Å²) in [5.41, 5.74) is 1.95. The zero-order valence-corrected chi connectivity index (χ0v) is 10.4. The van der Waals surface area contributed by atoms with Crippen molar-refractivity contribution in [2.75, 3.05) is 13.2 Å². The highest BCUT2D eigenvalue weighted by atomic mass is 16.5. The third-order valence-electron chi connectivity index (χ3n) is 2.95. The van der Waals surface area contributed by atoms with Gasteiger partial charge in [-0.25, -0.2) is 0 Å². The lowest BCUT2D eigenvalue weighted by Gasteiger charge is -2.11. The Morgan fingerprint density at radius 3 is 3.06 bits per heavy atom. The summed E-state index contributed by atoms with van der Waals surface area (Å²) in [7, 11) is 0. The van der Waals surface area contributed by atoms with Gasteiger partial charge in [-0.15, -0.1) is 0 Å². The Morgan fingerprint density at radius 2 is 2.47 bits per heavy atom. The SMILES string of the molecule is Cc1cc(C)n(CC(=O)NC[C@@H]2CCCO2)n1. The van der Waals surface area contributed by atoms with Crippen LogP contribution >= 0.6 is 0 Å². The monoisotopic (exact) mass is 237 g/mol. The Hall–Kier alpha value is -1.36. The molecule has 0 aliphatic carbocycles. The minimum Gasteiger partial charge on any atom is -0.376 e. The summed E-state index contributed by atoms with van der Waals surface area (Å²) in [6.45, 7) is 5.59. The molecule has 0 radical (unpaired) electrons. The highest BCUT2D eigenvalue weighted by molar-refractivity contribution is 5.75. The van der Waals surface area contributed by atoms with Crippen LogP contribution in [-0.4, -0.2) is 34.9 Å². The first-order valence-electron chi connectivity index (χ1n) is 6.04. The minimum absolute atomic E-state index is 0.00769. The summed E-state index contributed by atoms with van der Waals surface area (Å²) in [5, 5.41) is 7.14. The maximum Gasteiger partial charge on any atom is 0.241 e. The van der Waals surface area contributed by atoms with Crippen LogP contribution in [0.1, 0.15) is 24.2 Å². The lowest BCUT2D eigenvalue weighted by molar-refractivity contribution is -0.122. The molecule has 2 rings (SSSR count). The zero-order chi connectivity index (χ0) is 12.3. The van der Waals surface area contributed by atoms with Gasteiger partial charge in [0.05, 0.1) is 11.8 Å². The third-order valence-corrected chi connectivity index (χ3v) is 2.95. The molecule has 0 unspecified atom stereocenters. The number of hydrogen-bond donors (Lipinski definition) is 1. The van der Waals surface area contributed by atoms with Crippen molar-refractivity contribution in [2.24, 2.45) is 0 Å². The molecule has 2 heterocycles. The Balaban J connectivity index is 1.78. The van der Waals surface area contributed by atoms with Crippen molar-refractivity contribution < 1.29 is 9.53 Å². The molecule has 1 aromatic rings. The van der Waals surface area contributed by atoms with Gasteiger partial charge in [-0.3, -0.25) is 9.48 Å². The summed E-state index contributed by atoms with van der Waals surface area (Å²) in [6.07, 6.45) is 2.33. The summed E-state index contributed by atoms with van der Waals surface area (Å²) in [4.78, 5) is 11.7. The number of aryl methyl sites for hydroxylation is 2. The second kappa shape index (κ2) is 5.31. The summed E-state index contributed by atoms with van der Waals surface area (Å²) >= 11 is 0. The molecule has 1 atom stereocenters. The largest absolute Gasteiger partial charge is 0.376 e. The van der Waals surface area contributed by atoms with Gasteiger partial charge < -0.3 is 10.1 Å². The topological polar surface area (TPSA) is 56.2 Å². The number of nitrogens with one attached hydrogen (secondary N) is 1. The van der Waals surface area contributed by atoms with Gasteiger partial charge in [-0.1, -0.05) is 0 Å². The van der Waals surface area contributed by atoms with Crippen LogP contribution in [0.4, 0.5) is 0 Å². The summed E-state index contributed by atoms with van der Waals surface area (Å²) in [5.74, 6) is -0.00769. The lowest BCUT2D eigenvalue weighted by Crippen LogP contribution is -2.34. The molecule has 17 heavy (non-hydrogen) atoms. The number of carbonyl (C=O) groups excluding carboxylic acids is 1. The fraction of sp³-hybridized carbons (Fsp3) is 0.667. The van der Waals surface area contributed by atoms with Gasteiger partial charge in [0.15, 0.2) is 0 Å². The van der Waals surface area contributed by atoms with E-state index in [1.165, 1.54) is 0 Å². The van der Waals surface area contributed by atoms with E-state index in [1.807, 2.05) is 19.9 Å². The molecule has 1 saturated heterocycles. The van der Waals surface area contributed by atoms with Gasteiger partial charge in [0.2, 0.25) is 5.91 Å². The average molecular weight is 237 g/mol. The molecule has 0 spiro atoms. The van der Waals surface area contributed by atoms with Gasteiger partial charge in [0.1, 0.15) is 6.54 Å². The minimum atomic E-state index is -0.00769. The van der Waals surface area contributed by atoms with Crippen LogP contribution < -0.4 is 5.32 Å². The van der Waals surface area contributed by atoms with E-state index in [0.29, 0.717) is 6.54 Å². The van der Waals surface area contributed by atoms with Crippen LogP contribution in [0.2, 0.25) is 0 Å². The molecule has 1 fully saturated rings. The molecule has 0 saturated carbocycles. The quantitative estimate of drug-likeness (QED) is 0.842. The molecule has 5 heteroatoms. The normalized spacial score (nSPS) is 19.5. The van der Waals surface area contributed by atoms with Gasteiger partial charge in [-0.05, 0) is 32.8 Å². The van der Waals surface area contributed by atoms with E-state index in [0.717, 1.165) is 30.8 Å². The molecule has 1 amide bonds. The molecule has 1 aliphatic rings. The molecular formula is C12H19N3O2. The first kappa shape index (κ1) is 12.1. The van der Waals surface area contributed by atoms with Crippen LogP contribution in [-0.2, 0) is 16.1 Å². The predicted molar refractivity (Wildman–Crippen MR) is 63.7 cm³/mol. The number of hydrogen-bond acceptors (Lipinski definition) is 3. The highest BCUT2D eigenvalue weighted by Crippen LogP contribution is 2.10. The van der Waals surface area contributed by atoms with Crippen molar-refractivity contribution >= 4 is 5.91 Å². The molecule has 0 aromatic carbocycles. The van der Waals surface area contributed by atoms with Crippen LogP contribution in [0.5, 0.6) is 0 Å². The Morgan fingerprint density at radius 1 is 1.65 bits per heavy atom. The van der Waals surface area contributed by atoms with E-state index in [-0.39, 0.29) is 18.6 Å². The maximum atomic E-state index is 11.7. The van der Waals surface area contributed by atoms with Crippen LogP contribution in [0.3, 0.4) is 0 Å². The average Bonchev–Trinajstić information content (AvgIpc) is 2.87. The molecule has 94 valence electrons. The Labute approximate surface area is 101 Å². The summed E-state index contributed by atoms with van der Waals surface area (Å²) in [6, 6.07) is 1.97. The van der Waals surface area contributed by atoms with Crippen molar-refractivity contribution in [3.63, 3.8) is 0 Å². The van der Waals surface area contributed by atoms with Gasteiger partial charge >= 0.3 is 0 Å². The van der Waals surface area contributed by atoms with Crippen molar-refractivity contribution in [3.8, 4) is 0 Å². The van der Waals surface area contributed by atoms with Crippen LogP contribution in [0.25, 0.3) is 0 Å². The van der Waals surface area contributed by atoms with E-state index in [9.17, 15) is 4.79 Å². The number of rotatable bonds is 4. The van der Waals surface area contributed by atoms with Gasteiger partial charge in [0.25, 0.3) is 0 Å². The van der Waals surface area contributed by atoms with Gasteiger partial charge in [0, 0.05) is 18.8 Å². The summed E-state index contributed by atoms with van der Waals surface area (Å²) < 4.78 is 7.17. The fourth-order valence-corrected chi connectivity index (χ4v) is 2.06. The zero-order valence-electron chi connectivity index (χ0n) is 10.4. The second-order valence-corrected chi connectivity index (χ2v) is 4.52. The van der Waals surface area contributed by atoms with Crippen LogP contribution in [0, 0.1) is 13.8 Å². The number of aromatic nitrogens is 2. The molecule has 0 bridgehead atoms. The molecule has 5 nitrogen and oxygen atoms in total. The fourth-order valence-electron chi connectivity index (χ4n) is 2.06.